The molecule has 0 saturated heterocycles. The number of aromatic nitrogens is 1. The first-order valence-corrected chi connectivity index (χ1v) is 13.6. The number of nitrogens with zero attached hydrogens (tertiary/aromatic N) is 1. The first kappa shape index (κ1) is 25.0. The number of hydrogen-bond acceptors (Lipinski definition) is 5. The second kappa shape index (κ2) is 8.45. The van der Waals surface area contributed by atoms with Crippen LogP contribution in [0.2, 0.25) is 0 Å². The average Bonchev–Trinajstić information content (AvgIpc) is 3.26. The zero-order chi connectivity index (χ0) is 26.8. The highest BCUT2D eigenvalue weighted by atomic mass is 32.2. The third-order valence-electron chi connectivity index (χ3n) is 8.30. The first-order chi connectivity index (χ1) is 17.5. The molecular formula is C29H30N2O5S. The Labute approximate surface area is 216 Å². The number of carbonyl (C=O) groups excluding carboxylic acids is 2. The summed E-state index contributed by atoms with van der Waals surface area (Å²) in [6, 6.07) is 11.9. The molecule has 8 heteroatoms. The molecule has 0 bridgehead atoms. The smallest absolute Gasteiger partial charge is 0.293 e. The van der Waals surface area contributed by atoms with E-state index in [1.54, 1.807) is 36.5 Å². The van der Waals surface area contributed by atoms with Crippen molar-refractivity contribution in [1.29, 1.82) is 0 Å². The molecule has 1 amide bonds. The van der Waals surface area contributed by atoms with Gasteiger partial charge in [-0.25, -0.2) is 12.4 Å². The molecule has 3 aromatic rings. The van der Waals surface area contributed by atoms with Gasteiger partial charge in [0.1, 0.15) is 6.10 Å². The fraction of sp³-hybridized carbons (Fsp3) is 0.310. The molecule has 0 saturated carbocycles. The normalized spacial score (nSPS) is 24.3. The standard InChI is InChI=1S/C29H30N2O5S/c1-6-29(5)24(36-17-33)14-22-26(27(29)30-16-32)20-15-31(37(34,35)19-12-10-18(2)11-13-19)23-9-7-8-21(25(20)23)28(22,3)4/h6-13,15-17,24,27H,1,14H2,2-5H3,(H,30,32)/t24-,27-,29+/m1/s1. The van der Waals surface area contributed by atoms with Gasteiger partial charge in [0, 0.05) is 34.4 Å². The van der Waals surface area contributed by atoms with Crippen LogP contribution in [0, 0.1) is 12.3 Å². The molecule has 1 heterocycles. The average molecular weight is 519 g/mol. The van der Waals surface area contributed by atoms with Crippen LogP contribution in [-0.4, -0.2) is 37.4 Å². The van der Waals surface area contributed by atoms with Crippen molar-refractivity contribution < 1.29 is 22.7 Å². The van der Waals surface area contributed by atoms with E-state index in [-0.39, 0.29) is 4.90 Å². The van der Waals surface area contributed by atoms with Crippen LogP contribution in [0.15, 0.2) is 71.8 Å². The number of hydrogen-bond donors (Lipinski definition) is 1. The van der Waals surface area contributed by atoms with E-state index in [4.69, 9.17) is 4.74 Å². The molecule has 0 radical (unpaired) electrons. The SMILES string of the molecule is C=C[C@]1(C)[C@H](NC=O)C2=C(C[C@H]1OC=O)C(C)(C)c1cccc3c1c2cn3S(=O)(=O)c1ccc(C)cc1. The minimum Gasteiger partial charge on any atom is -0.463 e. The summed E-state index contributed by atoms with van der Waals surface area (Å²) in [5.41, 5.74) is 3.75. The molecule has 37 heavy (non-hydrogen) atoms. The number of ether oxygens (including phenoxy) is 1. The van der Waals surface area contributed by atoms with Gasteiger partial charge in [-0.2, -0.15) is 0 Å². The van der Waals surface area contributed by atoms with E-state index in [0.717, 1.165) is 33.2 Å². The van der Waals surface area contributed by atoms with E-state index >= 15 is 0 Å². The third kappa shape index (κ3) is 3.42. The maximum Gasteiger partial charge on any atom is 0.293 e. The van der Waals surface area contributed by atoms with Gasteiger partial charge >= 0.3 is 0 Å². The Bertz CT molecular complexity index is 1580. The molecule has 0 aliphatic heterocycles. The molecule has 2 aliphatic carbocycles. The summed E-state index contributed by atoms with van der Waals surface area (Å²) in [6.45, 7) is 12.4. The Hall–Kier alpha value is -3.65. The van der Waals surface area contributed by atoms with Crippen LogP contribution < -0.4 is 5.32 Å². The van der Waals surface area contributed by atoms with Crippen molar-refractivity contribution in [3.8, 4) is 0 Å². The second-order valence-electron chi connectivity index (χ2n) is 10.6. The molecule has 3 atom stereocenters. The number of aryl methyl sites for hydroxylation is 1. The first-order valence-electron chi connectivity index (χ1n) is 12.2. The van der Waals surface area contributed by atoms with Gasteiger partial charge < -0.3 is 10.1 Å². The molecule has 5 rings (SSSR count). The molecule has 0 unspecified atom stereocenters. The maximum absolute atomic E-state index is 13.9. The second-order valence-corrected chi connectivity index (χ2v) is 12.4. The molecule has 2 aliphatic rings. The highest BCUT2D eigenvalue weighted by Gasteiger charge is 2.52. The number of rotatable bonds is 7. The van der Waals surface area contributed by atoms with Gasteiger partial charge in [0.2, 0.25) is 6.41 Å². The van der Waals surface area contributed by atoms with Gasteiger partial charge in [-0.3, -0.25) is 9.59 Å². The summed E-state index contributed by atoms with van der Waals surface area (Å²) in [7, 11) is -3.91. The highest BCUT2D eigenvalue weighted by molar-refractivity contribution is 7.90. The largest absolute Gasteiger partial charge is 0.463 e. The Balaban J connectivity index is 1.85. The summed E-state index contributed by atoms with van der Waals surface area (Å²) in [4.78, 5) is 23.5. The van der Waals surface area contributed by atoms with E-state index in [2.05, 4.69) is 25.7 Å². The molecule has 1 aromatic heterocycles. The number of benzene rings is 2. The van der Waals surface area contributed by atoms with Gasteiger partial charge in [-0.05, 0) is 36.3 Å². The zero-order valence-electron chi connectivity index (χ0n) is 21.3. The van der Waals surface area contributed by atoms with Gasteiger partial charge in [-0.15, -0.1) is 6.58 Å². The van der Waals surface area contributed by atoms with E-state index in [9.17, 15) is 18.0 Å². The van der Waals surface area contributed by atoms with Crippen LogP contribution in [0.3, 0.4) is 0 Å². The van der Waals surface area contributed by atoms with Crippen molar-refractivity contribution in [2.75, 3.05) is 0 Å². The lowest BCUT2D eigenvalue weighted by Gasteiger charge is -2.50. The van der Waals surface area contributed by atoms with Crippen LogP contribution in [0.1, 0.15) is 43.9 Å². The molecule has 7 nitrogen and oxygen atoms in total. The van der Waals surface area contributed by atoms with E-state index in [1.165, 1.54) is 3.97 Å². The summed E-state index contributed by atoms with van der Waals surface area (Å²) in [6.07, 6.45) is 3.86. The van der Waals surface area contributed by atoms with Crippen molar-refractivity contribution in [2.24, 2.45) is 5.41 Å². The van der Waals surface area contributed by atoms with Crippen LogP contribution in [0.4, 0.5) is 0 Å². The van der Waals surface area contributed by atoms with Crippen LogP contribution in [-0.2, 0) is 29.8 Å². The van der Waals surface area contributed by atoms with Crippen molar-refractivity contribution in [3.63, 3.8) is 0 Å². The minimum atomic E-state index is -3.91. The van der Waals surface area contributed by atoms with Crippen molar-refractivity contribution >= 4 is 39.4 Å². The van der Waals surface area contributed by atoms with Crippen LogP contribution in [0.25, 0.3) is 16.5 Å². The summed E-state index contributed by atoms with van der Waals surface area (Å²) >= 11 is 0. The van der Waals surface area contributed by atoms with Crippen LogP contribution in [0.5, 0.6) is 0 Å². The zero-order valence-corrected chi connectivity index (χ0v) is 22.1. The fourth-order valence-electron chi connectivity index (χ4n) is 6.11. The van der Waals surface area contributed by atoms with Gasteiger partial charge in [-0.1, -0.05) is 62.2 Å². The van der Waals surface area contributed by atoms with E-state index in [0.29, 0.717) is 24.8 Å². The van der Waals surface area contributed by atoms with Crippen LogP contribution >= 0.6 is 0 Å². The monoisotopic (exact) mass is 518 g/mol. The Morgan fingerprint density at radius 2 is 1.81 bits per heavy atom. The Kier molecular flexibility index (Phi) is 5.71. The minimum absolute atomic E-state index is 0.196. The molecule has 0 spiro atoms. The molecule has 2 aromatic carbocycles. The Morgan fingerprint density at radius 1 is 1.11 bits per heavy atom. The van der Waals surface area contributed by atoms with Gasteiger partial charge in [0.25, 0.3) is 16.5 Å². The molecule has 0 fully saturated rings. The van der Waals surface area contributed by atoms with E-state index in [1.807, 2.05) is 32.0 Å². The highest BCUT2D eigenvalue weighted by Crippen LogP contribution is 2.56. The van der Waals surface area contributed by atoms with E-state index < -0.39 is 33.0 Å². The lowest BCUT2D eigenvalue weighted by atomic mass is 9.57. The summed E-state index contributed by atoms with van der Waals surface area (Å²) in [5, 5.41) is 3.78. The quantitative estimate of drug-likeness (QED) is 0.368. The van der Waals surface area contributed by atoms with Gasteiger partial charge in [0.15, 0.2) is 0 Å². The number of carbonyl (C=O) groups is 2. The fourth-order valence-corrected chi connectivity index (χ4v) is 7.47. The van der Waals surface area contributed by atoms with Crippen molar-refractivity contribution in [2.45, 2.75) is 56.6 Å². The lowest BCUT2D eigenvalue weighted by Crippen LogP contribution is -2.55. The predicted octanol–water partition coefficient (Wildman–Crippen LogP) is 4.48. The number of amides is 1. The molecule has 1 N–H and O–H groups in total. The molecule has 192 valence electrons. The van der Waals surface area contributed by atoms with Crippen molar-refractivity contribution in [1.82, 2.24) is 9.29 Å². The third-order valence-corrected chi connectivity index (χ3v) is 9.99. The Morgan fingerprint density at radius 3 is 2.43 bits per heavy atom. The predicted molar refractivity (Wildman–Crippen MR) is 142 cm³/mol. The van der Waals surface area contributed by atoms with Crippen molar-refractivity contribution in [3.05, 3.63) is 83.6 Å². The topological polar surface area (TPSA) is 94.5 Å². The van der Waals surface area contributed by atoms with Gasteiger partial charge in [0.05, 0.1) is 16.5 Å². The lowest BCUT2D eigenvalue weighted by molar-refractivity contribution is -0.139. The maximum atomic E-state index is 13.9. The summed E-state index contributed by atoms with van der Waals surface area (Å²) < 4.78 is 34.6. The molecular weight excluding hydrogens is 488 g/mol. The number of nitrogens with one attached hydrogen (secondary N) is 1. The summed E-state index contributed by atoms with van der Waals surface area (Å²) in [5.74, 6) is 0. The number of fused-ring (bicyclic) bond motifs is 1.